The van der Waals surface area contributed by atoms with Crippen molar-refractivity contribution in [2.75, 3.05) is 19.7 Å². The molecule has 0 saturated carbocycles. The van der Waals surface area contributed by atoms with E-state index < -0.39 is 0 Å². The lowest BCUT2D eigenvalue weighted by molar-refractivity contribution is 0.0253. The van der Waals surface area contributed by atoms with E-state index >= 15 is 0 Å². The van der Waals surface area contributed by atoms with Crippen molar-refractivity contribution >= 4 is 0 Å². The summed E-state index contributed by atoms with van der Waals surface area (Å²) in [6, 6.07) is 0. The molecule has 1 aromatic heterocycles. The smallest absolute Gasteiger partial charge is 0.0727 e. The molecule has 0 bridgehead atoms. The fraction of sp³-hybridized carbons (Fsp3) is 0.714. The molecule has 1 aliphatic rings. The molecule has 1 aliphatic heterocycles. The number of aliphatic hydroxyl groups is 1. The molecule has 2 heterocycles. The number of piperidine rings is 1. The van der Waals surface area contributed by atoms with Crippen LogP contribution >= 0.6 is 0 Å². The summed E-state index contributed by atoms with van der Waals surface area (Å²) in [7, 11) is 0. The Morgan fingerprint density at radius 1 is 1.39 bits per heavy atom. The van der Waals surface area contributed by atoms with E-state index in [0.717, 1.165) is 50.3 Å². The molecule has 0 aliphatic carbocycles. The molecule has 0 aromatic carbocycles. The average molecular weight is 249 g/mol. The molecule has 1 N–H and O–H groups in total. The second kappa shape index (κ2) is 5.76. The number of aryl methyl sites for hydroxylation is 1. The second-order valence-corrected chi connectivity index (χ2v) is 5.47. The zero-order chi connectivity index (χ0) is 13.0. The first kappa shape index (κ1) is 13.4. The van der Waals surface area contributed by atoms with E-state index in [9.17, 15) is 5.11 Å². The maximum atomic E-state index is 9.61. The van der Waals surface area contributed by atoms with E-state index in [4.69, 9.17) is 0 Å². The number of aliphatic hydroxyl groups excluding tert-OH is 1. The minimum Gasteiger partial charge on any atom is -0.396 e. The summed E-state index contributed by atoms with van der Waals surface area (Å²) in [5, 5.41) is 9.61. The molecule has 0 spiro atoms. The highest BCUT2D eigenvalue weighted by Gasteiger charge is 2.33. The number of likely N-dealkylation sites (tertiary alicyclic amines) is 1. The van der Waals surface area contributed by atoms with Crippen LogP contribution in [-0.2, 0) is 6.54 Å². The van der Waals surface area contributed by atoms with Crippen LogP contribution in [0.2, 0.25) is 0 Å². The predicted molar refractivity (Wildman–Crippen MR) is 71.1 cm³/mol. The van der Waals surface area contributed by atoms with Crippen LogP contribution in [0.25, 0.3) is 0 Å². The van der Waals surface area contributed by atoms with Crippen molar-refractivity contribution in [3.8, 4) is 0 Å². The van der Waals surface area contributed by atoms with E-state index in [-0.39, 0.29) is 5.41 Å². The van der Waals surface area contributed by atoms with Crippen molar-refractivity contribution in [1.29, 1.82) is 0 Å². The Labute approximate surface area is 109 Å². The van der Waals surface area contributed by atoms with Crippen molar-refractivity contribution in [3.63, 3.8) is 0 Å². The lowest BCUT2D eigenvalue weighted by Gasteiger charge is -2.41. The lowest BCUT2D eigenvalue weighted by Crippen LogP contribution is -2.44. The fourth-order valence-corrected chi connectivity index (χ4v) is 2.70. The van der Waals surface area contributed by atoms with Gasteiger partial charge in [0, 0.05) is 37.5 Å². The Balaban J connectivity index is 1.99. The Kier molecular flexibility index (Phi) is 4.30. The predicted octanol–water partition coefficient (Wildman–Crippen LogP) is 1.77. The summed E-state index contributed by atoms with van der Waals surface area (Å²) in [5.74, 6) is 0. The first-order chi connectivity index (χ1) is 8.67. The van der Waals surface area contributed by atoms with Crippen molar-refractivity contribution in [1.82, 2.24) is 14.9 Å². The van der Waals surface area contributed by atoms with Crippen molar-refractivity contribution in [2.24, 2.45) is 5.41 Å². The van der Waals surface area contributed by atoms with Crippen molar-refractivity contribution in [2.45, 2.75) is 39.7 Å². The molecule has 1 unspecified atom stereocenters. The molecule has 100 valence electrons. The largest absolute Gasteiger partial charge is 0.396 e. The quantitative estimate of drug-likeness (QED) is 0.883. The summed E-state index contributed by atoms with van der Waals surface area (Å²) in [5.41, 5.74) is 2.07. The van der Waals surface area contributed by atoms with Crippen LogP contribution in [0.1, 0.15) is 37.6 Å². The minimum absolute atomic E-state index is 0.0936. The van der Waals surface area contributed by atoms with Gasteiger partial charge in [-0.15, -0.1) is 0 Å². The van der Waals surface area contributed by atoms with E-state index in [1.165, 1.54) is 0 Å². The van der Waals surface area contributed by atoms with E-state index in [1.807, 2.05) is 19.3 Å². The maximum absolute atomic E-state index is 9.61. The van der Waals surface area contributed by atoms with E-state index in [2.05, 4.69) is 21.8 Å². The van der Waals surface area contributed by atoms with Gasteiger partial charge in [0.15, 0.2) is 0 Å². The summed E-state index contributed by atoms with van der Waals surface area (Å²) in [4.78, 5) is 11.1. The highest BCUT2D eigenvalue weighted by Crippen LogP contribution is 2.33. The molecular weight excluding hydrogens is 226 g/mol. The van der Waals surface area contributed by atoms with Gasteiger partial charge in [-0.2, -0.15) is 0 Å². The zero-order valence-corrected chi connectivity index (χ0v) is 11.4. The summed E-state index contributed by atoms with van der Waals surface area (Å²) >= 11 is 0. The Hall–Kier alpha value is -1.00. The molecule has 4 heteroatoms. The summed E-state index contributed by atoms with van der Waals surface area (Å²) < 4.78 is 0. The molecule has 1 aromatic rings. The Bertz CT molecular complexity index is 373. The minimum atomic E-state index is 0.0936. The molecule has 4 nitrogen and oxygen atoms in total. The molecule has 2 rings (SSSR count). The molecule has 0 radical (unpaired) electrons. The number of aromatic nitrogens is 2. The molecule has 0 amide bonds. The van der Waals surface area contributed by atoms with E-state index in [1.54, 1.807) is 0 Å². The van der Waals surface area contributed by atoms with Gasteiger partial charge in [0.05, 0.1) is 11.4 Å². The first-order valence-electron chi connectivity index (χ1n) is 6.78. The summed E-state index contributed by atoms with van der Waals surface area (Å²) in [6.07, 6.45) is 7.01. The number of nitrogens with zero attached hydrogens (tertiary/aromatic N) is 3. The third-order valence-corrected chi connectivity index (χ3v) is 4.05. The van der Waals surface area contributed by atoms with Crippen molar-refractivity contribution in [3.05, 3.63) is 23.8 Å². The second-order valence-electron chi connectivity index (χ2n) is 5.47. The van der Waals surface area contributed by atoms with Crippen LogP contribution in [0.5, 0.6) is 0 Å². The van der Waals surface area contributed by atoms with Gasteiger partial charge in [-0.3, -0.25) is 14.9 Å². The number of rotatable bonds is 4. The molecule has 1 saturated heterocycles. The monoisotopic (exact) mass is 249 g/mol. The van der Waals surface area contributed by atoms with Gasteiger partial charge in [0.1, 0.15) is 0 Å². The summed E-state index contributed by atoms with van der Waals surface area (Å²) in [6.45, 7) is 7.32. The van der Waals surface area contributed by atoms with Gasteiger partial charge in [-0.1, -0.05) is 6.92 Å². The standard InChI is InChI=1S/C14H23N3O/c1-3-14(11-18)5-4-6-17(10-14)9-13-8-15-12(2)7-16-13/h7-8,18H,3-6,9-11H2,1-2H3. The normalized spacial score (nSPS) is 25.3. The average Bonchev–Trinajstić information content (AvgIpc) is 2.41. The Morgan fingerprint density at radius 3 is 2.83 bits per heavy atom. The van der Waals surface area contributed by atoms with E-state index in [0.29, 0.717) is 6.61 Å². The number of hydrogen-bond acceptors (Lipinski definition) is 4. The van der Waals surface area contributed by atoms with Gasteiger partial charge in [-0.05, 0) is 32.7 Å². The third-order valence-electron chi connectivity index (χ3n) is 4.05. The van der Waals surface area contributed by atoms with Crippen LogP contribution in [0.4, 0.5) is 0 Å². The van der Waals surface area contributed by atoms with Crippen LogP contribution in [0.3, 0.4) is 0 Å². The Morgan fingerprint density at radius 2 is 2.22 bits per heavy atom. The number of hydrogen-bond donors (Lipinski definition) is 1. The van der Waals surface area contributed by atoms with Crippen LogP contribution in [0, 0.1) is 12.3 Å². The van der Waals surface area contributed by atoms with Crippen LogP contribution < -0.4 is 0 Å². The zero-order valence-electron chi connectivity index (χ0n) is 11.4. The highest BCUT2D eigenvalue weighted by atomic mass is 16.3. The van der Waals surface area contributed by atoms with Gasteiger partial charge >= 0.3 is 0 Å². The van der Waals surface area contributed by atoms with Gasteiger partial charge in [0.25, 0.3) is 0 Å². The fourth-order valence-electron chi connectivity index (χ4n) is 2.70. The van der Waals surface area contributed by atoms with Crippen LogP contribution in [0.15, 0.2) is 12.4 Å². The molecule has 1 fully saturated rings. The molecule has 18 heavy (non-hydrogen) atoms. The molecule has 1 atom stereocenters. The first-order valence-corrected chi connectivity index (χ1v) is 6.78. The van der Waals surface area contributed by atoms with Gasteiger partial charge in [-0.25, -0.2) is 0 Å². The SMILES string of the molecule is CCC1(CO)CCCN(Cc2cnc(C)cn2)C1. The van der Waals surface area contributed by atoms with Gasteiger partial charge < -0.3 is 5.11 Å². The maximum Gasteiger partial charge on any atom is 0.0727 e. The molecular formula is C14H23N3O. The topological polar surface area (TPSA) is 49.2 Å². The van der Waals surface area contributed by atoms with Crippen molar-refractivity contribution < 1.29 is 5.11 Å². The van der Waals surface area contributed by atoms with Gasteiger partial charge in [0.2, 0.25) is 0 Å². The highest BCUT2D eigenvalue weighted by molar-refractivity contribution is 5.01. The third kappa shape index (κ3) is 3.06. The lowest BCUT2D eigenvalue weighted by atomic mass is 9.78. The van der Waals surface area contributed by atoms with Crippen LogP contribution in [-0.4, -0.2) is 39.7 Å².